The van der Waals surface area contributed by atoms with Crippen LogP contribution in [0.2, 0.25) is 0 Å². The number of carbonyl (C=O) groups is 2. The van der Waals surface area contributed by atoms with Gasteiger partial charge in [-0.2, -0.15) is 0 Å². The van der Waals surface area contributed by atoms with Gasteiger partial charge < -0.3 is 9.47 Å². The van der Waals surface area contributed by atoms with E-state index in [0.717, 1.165) is 6.42 Å². The number of aldehydes is 1. The van der Waals surface area contributed by atoms with E-state index in [1.54, 1.807) is 42.5 Å². The van der Waals surface area contributed by atoms with Crippen molar-refractivity contribution in [2.75, 3.05) is 6.61 Å². The molecule has 0 fully saturated rings. The van der Waals surface area contributed by atoms with E-state index >= 15 is 0 Å². The molecule has 0 saturated carbocycles. The summed E-state index contributed by atoms with van der Waals surface area (Å²) in [4.78, 5) is 22.9. The molecule has 0 N–H and O–H groups in total. The summed E-state index contributed by atoms with van der Waals surface area (Å²) in [6.07, 6.45) is 1.52. The number of hydrogen-bond donors (Lipinski definition) is 0. The topological polar surface area (TPSA) is 52.6 Å². The van der Waals surface area contributed by atoms with Crippen molar-refractivity contribution in [1.29, 1.82) is 0 Å². The van der Waals surface area contributed by atoms with Gasteiger partial charge in [-0.05, 0) is 42.0 Å². The molecule has 0 saturated heterocycles. The Morgan fingerprint density at radius 1 is 0.846 bits per heavy atom. The van der Waals surface area contributed by atoms with Crippen LogP contribution < -0.4 is 9.47 Å². The lowest BCUT2D eigenvalue weighted by Crippen LogP contribution is -2.08. The van der Waals surface area contributed by atoms with E-state index in [4.69, 9.17) is 9.47 Å². The van der Waals surface area contributed by atoms with Gasteiger partial charge in [-0.15, -0.1) is 0 Å². The van der Waals surface area contributed by atoms with Gasteiger partial charge in [-0.3, -0.25) is 4.79 Å². The van der Waals surface area contributed by atoms with Crippen LogP contribution in [-0.4, -0.2) is 18.9 Å². The number of esters is 1. The van der Waals surface area contributed by atoms with Gasteiger partial charge in [-0.1, -0.05) is 42.5 Å². The number of carbonyl (C=O) groups excluding carboxylic acids is 2. The van der Waals surface area contributed by atoms with E-state index < -0.39 is 5.97 Å². The summed E-state index contributed by atoms with van der Waals surface area (Å²) >= 11 is 0. The molecule has 0 spiro atoms. The Kier molecular flexibility index (Phi) is 5.78. The van der Waals surface area contributed by atoms with Gasteiger partial charge in [0.1, 0.15) is 17.8 Å². The van der Waals surface area contributed by atoms with Crippen molar-refractivity contribution >= 4 is 12.3 Å². The van der Waals surface area contributed by atoms with E-state index in [-0.39, 0.29) is 0 Å². The molecule has 0 heterocycles. The van der Waals surface area contributed by atoms with Crippen molar-refractivity contribution in [2.24, 2.45) is 0 Å². The van der Waals surface area contributed by atoms with Crippen LogP contribution >= 0.6 is 0 Å². The molecule has 0 aromatic heterocycles. The molecular weight excluding hydrogens is 328 g/mol. The zero-order valence-electron chi connectivity index (χ0n) is 14.1. The number of benzene rings is 3. The third kappa shape index (κ3) is 4.80. The normalized spacial score (nSPS) is 10.2. The molecule has 0 aliphatic heterocycles. The van der Waals surface area contributed by atoms with Crippen molar-refractivity contribution in [1.82, 2.24) is 0 Å². The molecule has 26 heavy (non-hydrogen) atoms. The van der Waals surface area contributed by atoms with Crippen molar-refractivity contribution < 1.29 is 19.1 Å². The first kappa shape index (κ1) is 17.4. The van der Waals surface area contributed by atoms with Crippen LogP contribution in [0.4, 0.5) is 0 Å². The molecule has 0 radical (unpaired) electrons. The predicted molar refractivity (Wildman–Crippen MR) is 98.9 cm³/mol. The SMILES string of the molecule is O=Cc1cccc(OC(=O)c2ccc(OCCc3ccccc3)cc2)c1. The van der Waals surface area contributed by atoms with E-state index in [1.165, 1.54) is 11.6 Å². The Morgan fingerprint density at radius 3 is 2.35 bits per heavy atom. The molecule has 4 heteroatoms. The molecule has 0 amide bonds. The van der Waals surface area contributed by atoms with Crippen molar-refractivity contribution in [2.45, 2.75) is 6.42 Å². The molecular formula is C22H18O4. The second-order valence-corrected chi connectivity index (χ2v) is 5.69. The van der Waals surface area contributed by atoms with Crippen LogP contribution in [0.5, 0.6) is 11.5 Å². The van der Waals surface area contributed by atoms with Crippen LogP contribution in [0.1, 0.15) is 26.3 Å². The third-order valence-corrected chi connectivity index (χ3v) is 3.80. The quantitative estimate of drug-likeness (QED) is 0.363. The van der Waals surface area contributed by atoms with Gasteiger partial charge >= 0.3 is 5.97 Å². The molecule has 0 aliphatic rings. The highest BCUT2D eigenvalue weighted by atomic mass is 16.5. The molecule has 3 aromatic carbocycles. The maximum Gasteiger partial charge on any atom is 0.343 e. The zero-order valence-corrected chi connectivity index (χ0v) is 14.1. The van der Waals surface area contributed by atoms with Crippen LogP contribution in [0.25, 0.3) is 0 Å². The highest BCUT2D eigenvalue weighted by Crippen LogP contribution is 2.17. The average molecular weight is 346 g/mol. The third-order valence-electron chi connectivity index (χ3n) is 3.80. The fourth-order valence-electron chi connectivity index (χ4n) is 2.44. The standard InChI is InChI=1S/C22H18O4/c23-16-18-7-4-8-21(15-18)26-22(24)19-9-11-20(12-10-19)25-14-13-17-5-2-1-3-6-17/h1-12,15-16H,13-14H2. The van der Waals surface area contributed by atoms with Crippen LogP contribution in [-0.2, 0) is 6.42 Å². The fraction of sp³-hybridized carbons (Fsp3) is 0.0909. The first-order valence-corrected chi connectivity index (χ1v) is 8.29. The monoisotopic (exact) mass is 346 g/mol. The molecule has 0 bridgehead atoms. The highest BCUT2D eigenvalue weighted by Gasteiger charge is 2.09. The van der Waals surface area contributed by atoms with Crippen molar-refractivity contribution in [3.8, 4) is 11.5 Å². The van der Waals surface area contributed by atoms with Crippen molar-refractivity contribution in [3.05, 3.63) is 95.6 Å². The maximum absolute atomic E-state index is 12.2. The number of rotatable bonds is 7. The van der Waals surface area contributed by atoms with Crippen molar-refractivity contribution in [3.63, 3.8) is 0 Å². The fourth-order valence-corrected chi connectivity index (χ4v) is 2.44. The minimum atomic E-state index is -0.483. The van der Waals surface area contributed by atoms with Crippen LogP contribution in [0.15, 0.2) is 78.9 Å². The molecule has 4 nitrogen and oxygen atoms in total. The average Bonchev–Trinajstić information content (AvgIpc) is 2.69. The van der Waals surface area contributed by atoms with Crippen LogP contribution in [0, 0.1) is 0 Å². The Bertz CT molecular complexity index is 870. The van der Waals surface area contributed by atoms with E-state index in [0.29, 0.717) is 35.5 Å². The largest absolute Gasteiger partial charge is 0.493 e. The van der Waals surface area contributed by atoms with E-state index in [2.05, 4.69) is 12.1 Å². The lowest BCUT2D eigenvalue weighted by Gasteiger charge is -2.08. The summed E-state index contributed by atoms with van der Waals surface area (Å²) in [5.74, 6) is 0.548. The Morgan fingerprint density at radius 2 is 1.62 bits per heavy atom. The molecule has 0 aliphatic carbocycles. The Balaban J connectivity index is 1.54. The minimum absolute atomic E-state index is 0.336. The molecule has 3 rings (SSSR count). The lowest BCUT2D eigenvalue weighted by atomic mass is 10.2. The Hall–Kier alpha value is -3.40. The first-order valence-electron chi connectivity index (χ1n) is 8.29. The zero-order chi connectivity index (χ0) is 18.2. The highest BCUT2D eigenvalue weighted by molar-refractivity contribution is 5.91. The van der Waals surface area contributed by atoms with Gasteiger partial charge in [0.25, 0.3) is 0 Å². The van der Waals surface area contributed by atoms with E-state index in [9.17, 15) is 9.59 Å². The molecule has 130 valence electrons. The van der Waals surface area contributed by atoms with Gasteiger partial charge in [-0.25, -0.2) is 4.79 Å². The Labute approximate surface area is 152 Å². The number of hydrogen-bond acceptors (Lipinski definition) is 4. The van der Waals surface area contributed by atoms with Gasteiger partial charge in [0, 0.05) is 12.0 Å². The molecule has 0 unspecified atom stereocenters. The lowest BCUT2D eigenvalue weighted by molar-refractivity contribution is 0.0734. The molecule has 3 aromatic rings. The first-order chi connectivity index (χ1) is 12.7. The smallest absolute Gasteiger partial charge is 0.343 e. The summed E-state index contributed by atoms with van der Waals surface area (Å²) in [6, 6.07) is 23.4. The van der Waals surface area contributed by atoms with E-state index in [1.807, 2.05) is 18.2 Å². The summed E-state index contributed by atoms with van der Waals surface area (Å²) in [7, 11) is 0. The van der Waals surface area contributed by atoms with Gasteiger partial charge in [0.2, 0.25) is 0 Å². The van der Waals surface area contributed by atoms with Crippen LogP contribution in [0.3, 0.4) is 0 Å². The summed E-state index contributed by atoms with van der Waals surface area (Å²) in [5.41, 5.74) is 2.08. The summed E-state index contributed by atoms with van der Waals surface area (Å²) in [6.45, 7) is 0.562. The van der Waals surface area contributed by atoms with Gasteiger partial charge in [0.05, 0.1) is 12.2 Å². The second kappa shape index (κ2) is 8.62. The predicted octanol–water partition coefficient (Wildman–Crippen LogP) is 4.34. The number of ether oxygens (including phenoxy) is 2. The summed E-state index contributed by atoms with van der Waals surface area (Å²) < 4.78 is 11.0. The van der Waals surface area contributed by atoms with Gasteiger partial charge in [0.15, 0.2) is 0 Å². The summed E-state index contributed by atoms with van der Waals surface area (Å²) in [5, 5.41) is 0. The minimum Gasteiger partial charge on any atom is -0.493 e. The second-order valence-electron chi connectivity index (χ2n) is 5.69. The molecule has 0 atom stereocenters. The maximum atomic E-state index is 12.2.